The Balaban J connectivity index is 4.95. The lowest BCUT2D eigenvalue weighted by Crippen LogP contribution is -2.49. The van der Waals surface area contributed by atoms with E-state index in [4.69, 9.17) is 4.74 Å². The average Bonchev–Trinajstić information content (AvgIpc) is 2.24. The lowest BCUT2D eigenvalue weighted by atomic mass is 9.92. The van der Waals surface area contributed by atoms with E-state index in [0.717, 1.165) is 6.26 Å². The van der Waals surface area contributed by atoms with Crippen molar-refractivity contribution in [2.45, 2.75) is 39.3 Å². The first-order valence-corrected chi connectivity index (χ1v) is 8.46. The maximum atomic E-state index is 11.8. The average molecular weight is 323 g/mol. The fourth-order valence-corrected chi connectivity index (χ4v) is 2.52. The molecule has 0 radical (unpaired) electrons. The zero-order chi connectivity index (χ0) is 16.8. The van der Waals surface area contributed by atoms with Crippen LogP contribution in [-0.2, 0) is 28.6 Å². The van der Waals surface area contributed by atoms with Crippen LogP contribution in [0.5, 0.6) is 0 Å². The normalized spacial score (nSPS) is 16.3. The number of carbonyl (C=O) groups is 2. The van der Waals surface area contributed by atoms with Crippen molar-refractivity contribution in [2.75, 3.05) is 27.0 Å². The Bertz CT molecular complexity index is 459. The van der Waals surface area contributed by atoms with Gasteiger partial charge in [0.15, 0.2) is 5.78 Å². The van der Waals surface area contributed by atoms with Crippen molar-refractivity contribution in [3.63, 3.8) is 0 Å². The maximum absolute atomic E-state index is 11.8. The molecular weight excluding hydrogens is 298 g/mol. The summed E-state index contributed by atoms with van der Waals surface area (Å²) in [6.45, 7) is 4.48. The van der Waals surface area contributed by atoms with Crippen LogP contribution >= 0.6 is 0 Å². The Morgan fingerprint density at radius 3 is 2.05 bits per heavy atom. The van der Waals surface area contributed by atoms with E-state index in [-0.39, 0.29) is 18.3 Å². The molecule has 0 bridgehead atoms. The minimum Gasteiger partial charge on any atom is -0.460 e. The van der Waals surface area contributed by atoms with Crippen molar-refractivity contribution in [1.82, 2.24) is 4.90 Å². The van der Waals surface area contributed by atoms with E-state index in [1.54, 1.807) is 25.9 Å². The minimum absolute atomic E-state index is 0.0180. The molecule has 21 heavy (non-hydrogen) atoms. The first-order valence-electron chi connectivity index (χ1n) is 6.64. The number of carbonyl (C=O) groups excluding carboxylic acids is 2. The van der Waals surface area contributed by atoms with E-state index in [1.165, 1.54) is 13.8 Å². The summed E-state index contributed by atoms with van der Waals surface area (Å²) in [6.07, 6.45) is 0.667. The summed E-state index contributed by atoms with van der Waals surface area (Å²) >= 11 is 0. The highest BCUT2D eigenvalue weighted by Crippen LogP contribution is 2.20. The van der Waals surface area contributed by atoms with Crippen LogP contribution in [0.4, 0.5) is 0 Å². The van der Waals surface area contributed by atoms with Gasteiger partial charge in [0.25, 0.3) is 10.1 Å². The summed E-state index contributed by atoms with van der Waals surface area (Å²) in [6, 6.07) is -0.581. The molecule has 124 valence electrons. The molecule has 0 aliphatic heterocycles. The van der Waals surface area contributed by atoms with Crippen LogP contribution in [-0.4, -0.2) is 64.2 Å². The first kappa shape index (κ1) is 20.0. The number of hydrogen-bond donors (Lipinski definition) is 0. The van der Waals surface area contributed by atoms with Crippen LogP contribution < -0.4 is 0 Å². The summed E-state index contributed by atoms with van der Waals surface area (Å²) < 4.78 is 31.8. The second-order valence-corrected chi connectivity index (χ2v) is 7.03. The molecular formula is C13H25NO6S. The maximum Gasteiger partial charge on any atom is 0.302 e. The molecule has 2 unspecified atom stereocenters. The lowest BCUT2D eigenvalue weighted by Gasteiger charge is -2.33. The van der Waals surface area contributed by atoms with E-state index < -0.39 is 28.2 Å². The second kappa shape index (κ2) is 8.45. The summed E-state index contributed by atoms with van der Waals surface area (Å²) in [4.78, 5) is 24.7. The van der Waals surface area contributed by atoms with Crippen molar-refractivity contribution in [1.29, 1.82) is 0 Å². The topological polar surface area (TPSA) is 90.0 Å². The highest BCUT2D eigenvalue weighted by Gasteiger charge is 2.34. The second-order valence-electron chi connectivity index (χ2n) is 5.39. The number of esters is 1. The Kier molecular flexibility index (Phi) is 8.05. The molecule has 0 spiro atoms. The number of ketones is 1. The van der Waals surface area contributed by atoms with Gasteiger partial charge < -0.3 is 4.74 Å². The summed E-state index contributed by atoms with van der Waals surface area (Å²) in [7, 11) is -0.0576. The number of rotatable bonds is 9. The molecule has 0 saturated heterocycles. The predicted molar refractivity (Wildman–Crippen MR) is 78.3 cm³/mol. The molecule has 0 N–H and O–H groups in total. The van der Waals surface area contributed by atoms with Crippen LogP contribution in [0.15, 0.2) is 0 Å². The number of likely N-dealkylation sites (N-methyl/N-ethyl adjacent to an activating group) is 1. The van der Waals surface area contributed by atoms with Crippen LogP contribution in [0.1, 0.15) is 27.2 Å². The Morgan fingerprint density at radius 2 is 1.71 bits per heavy atom. The molecule has 0 amide bonds. The number of ether oxygens (including phenoxy) is 1. The predicted octanol–water partition coefficient (Wildman–Crippen LogP) is 0.440. The van der Waals surface area contributed by atoms with Crippen LogP contribution in [0, 0.1) is 5.92 Å². The molecule has 0 aliphatic carbocycles. The molecule has 7 nitrogen and oxygen atoms in total. The smallest absolute Gasteiger partial charge is 0.302 e. The zero-order valence-corrected chi connectivity index (χ0v) is 14.3. The van der Waals surface area contributed by atoms with E-state index in [1.807, 2.05) is 0 Å². The monoisotopic (exact) mass is 323 g/mol. The van der Waals surface area contributed by atoms with E-state index in [9.17, 15) is 18.0 Å². The molecule has 0 aliphatic rings. The third-order valence-corrected chi connectivity index (χ3v) is 3.61. The molecule has 0 heterocycles. The van der Waals surface area contributed by atoms with Gasteiger partial charge in [0.2, 0.25) is 0 Å². The van der Waals surface area contributed by atoms with Gasteiger partial charge in [0.05, 0.1) is 12.9 Å². The van der Waals surface area contributed by atoms with Gasteiger partial charge in [-0.1, -0.05) is 6.92 Å². The van der Waals surface area contributed by atoms with Crippen LogP contribution in [0.25, 0.3) is 0 Å². The third-order valence-electron chi connectivity index (χ3n) is 3.02. The van der Waals surface area contributed by atoms with Gasteiger partial charge in [-0.15, -0.1) is 0 Å². The van der Waals surface area contributed by atoms with Crippen LogP contribution in [0.3, 0.4) is 0 Å². The molecule has 8 heteroatoms. The van der Waals surface area contributed by atoms with Gasteiger partial charge in [-0.25, -0.2) is 0 Å². The molecule has 0 aromatic heterocycles. The summed E-state index contributed by atoms with van der Waals surface area (Å²) in [5.74, 6) is -0.835. The van der Waals surface area contributed by atoms with E-state index in [0.29, 0.717) is 6.42 Å². The fourth-order valence-electron chi connectivity index (χ4n) is 2.12. The highest BCUT2D eigenvalue weighted by molar-refractivity contribution is 7.85. The largest absolute Gasteiger partial charge is 0.460 e. The van der Waals surface area contributed by atoms with Crippen molar-refractivity contribution in [3.05, 3.63) is 0 Å². The summed E-state index contributed by atoms with van der Waals surface area (Å²) in [5, 5.41) is 0. The number of nitrogens with zero attached hydrogens (tertiary/aromatic N) is 1. The van der Waals surface area contributed by atoms with E-state index >= 15 is 0 Å². The zero-order valence-electron chi connectivity index (χ0n) is 13.5. The first-order chi connectivity index (χ1) is 9.45. The molecule has 3 atom stereocenters. The molecule has 0 fully saturated rings. The van der Waals surface area contributed by atoms with Gasteiger partial charge in [-0.05, 0) is 33.4 Å². The van der Waals surface area contributed by atoms with Crippen molar-refractivity contribution in [3.8, 4) is 0 Å². The number of hydrogen-bond acceptors (Lipinski definition) is 7. The molecule has 0 rings (SSSR count). The van der Waals surface area contributed by atoms with Gasteiger partial charge in [-0.2, -0.15) is 8.42 Å². The van der Waals surface area contributed by atoms with Crippen molar-refractivity contribution in [2.24, 2.45) is 5.92 Å². The van der Waals surface area contributed by atoms with Gasteiger partial charge in [-0.3, -0.25) is 18.7 Å². The van der Waals surface area contributed by atoms with E-state index in [2.05, 4.69) is 4.18 Å². The fraction of sp³-hybridized carbons (Fsp3) is 0.846. The SMILES string of the molecule is CC(=O)OC(C(C(C)=O)N(C)C)[C@H](C)CCOS(C)(=O)=O. The Morgan fingerprint density at radius 1 is 1.19 bits per heavy atom. The highest BCUT2D eigenvalue weighted by atomic mass is 32.2. The third kappa shape index (κ3) is 8.13. The Hall–Kier alpha value is -0.990. The van der Waals surface area contributed by atoms with Crippen molar-refractivity contribution < 1.29 is 26.9 Å². The minimum atomic E-state index is -3.51. The van der Waals surface area contributed by atoms with Crippen molar-refractivity contribution >= 4 is 21.9 Å². The quantitative estimate of drug-likeness (QED) is 0.449. The summed E-state index contributed by atoms with van der Waals surface area (Å²) in [5.41, 5.74) is 0. The van der Waals surface area contributed by atoms with Crippen LogP contribution in [0.2, 0.25) is 0 Å². The van der Waals surface area contributed by atoms with Gasteiger partial charge >= 0.3 is 5.97 Å². The molecule has 0 aromatic carbocycles. The Labute approximate surface area is 126 Å². The molecule has 0 saturated carbocycles. The molecule has 0 aromatic rings. The van der Waals surface area contributed by atoms with Gasteiger partial charge in [0.1, 0.15) is 12.1 Å². The van der Waals surface area contributed by atoms with Gasteiger partial charge in [0, 0.05) is 6.92 Å². The number of Topliss-reactive ketones (excluding diaryl/α,β-unsaturated/α-hetero) is 1. The lowest BCUT2D eigenvalue weighted by molar-refractivity contribution is -0.155. The standard InChI is InChI=1S/C13H25NO6S/c1-9(7-8-19-21(6,17)18)13(20-11(3)16)12(10(2)15)14(4)5/h9,12-13H,7-8H2,1-6H3/t9-,12?,13?/m1/s1.